The van der Waals surface area contributed by atoms with Gasteiger partial charge in [0, 0.05) is 54.9 Å². The third-order valence-electron chi connectivity index (χ3n) is 18.3. The minimum Gasteiger partial charge on any atom is -0.478 e. The number of likely N-dealkylation sites (N-methyl/N-ethyl adjacent to an activating group) is 7. The summed E-state index contributed by atoms with van der Waals surface area (Å²) in [6.45, 7) is 28.7. The van der Waals surface area contributed by atoms with Crippen molar-refractivity contribution in [3.63, 3.8) is 0 Å². The van der Waals surface area contributed by atoms with Crippen molar-refractivity contribution in [3.05, 3.63) is 47.5 Å². The first kappa shape index (κ1) is 82.7. The number of amides is 11. The molecule has 0 bridgehead atoms. The van der Waals surface area contributed by atoms with Crippen LogP contribution in [0.5, 0.6) is 0 Å². The normalized spacial score (nSPS) is 27.3. The summed E-state index contributed by atoms with van der Waals surface area (Å²) in [4.78, 5) is 186. The second-order valence-corrected chi connectivity index (χ2v) is 28.9. The number of benzene rings is 1. The highest BCUT2D eigenvalue weighted by atomic mass is 16.5. The first-order valence-electron chi connectivity index (χ1n) is 33.8. The van der Waals surface area contributed by atoms with E-state index in [-0.39, 0.29) is 66.9 Å². The molecule has 2 aliphatic rings. The Morgan fingerprint density at radius 2 is 0.958 bits per heavy atom. The number of hydrogen-bond acceptors (Lipinski definition) is 14. The number of aromatic carboxylic acids is 1. The van der Waals surface area contributed by atoms with E-state index in [1.807, 2.05) is 55.4 Å². The summed E-state index contributed by atoms with van der Waals surface area (Å²) < 4.78 is 6.51. The molecule has 26 nitrogen and oxygen atoms in total. The van der Waals surface area contributed by atoms with Crippen LogP contribution in [0, 0.1) is 41.4 Å². The van der Waals surface area contributed by atoms with Gasteiger partial charge < -0.3 is 65.2 Å². The molecule has 2 aliphatic heterocycles. The van der Waals surface area contributed by atoms with Gasteiger partial charge in [-0.3, -0.25) is 57.6 Å². The molecule has 11 amide bonds. The lowest BCUT2D eigenvalue weighted by molar-refractivity contribution is -0.162. The van der Waals surface area contributed by atoms with E-state index in [1.165, 1.54) is 119 Å². The summed E-state index contributed by atoms with van der Waals surface area (Å²) in [5.41, 5.74) is 0.107. The number of nitrogens with zero attached hydrogens (tertiary/aromatic N) is 8. The van der Waals surface area contributed by atoms with Gasteiger partial charge in [0.15, 0.2) is 6.23 Å². The topological polar surface area (TPSA) is 317 Å². The number of aliphatic hydroxyl groups is 1. The van der Waals surface area contributed by atoms with E-state index in [9.17, 15) is 43.8 Å². The SMILES string of the molecule is C/C=C/C[C@@H](C)[C@@H](O)[C@H]1C(=O)N2[C@@H](c3ccc(C(=O)O)cc3)O[C@@H](C)[C@@H]2C(=O)N(C)CC(=O)N(C)[C@@H](CC(C)C)C(=O)N[C@@H](C(C)C)C(=O)N(C)[C@@H](CC(C)C)C(=O)N[C@@H](C)C(=O)N[C@H](C)C(=O)N(C)[C@@H](CC(C)C)C(=O)N(C)[C@@H](CC(C)C)C(=O)N(C)[C@@H](C(C)C)C(=O)N1C. The van der Waals surface area contributed by atoms with Crippen molar-refractivity contribution in [3.8, 4) is 0 Å². The molecular formula is C70H115N11O15. The minimum absolute atomic E-state index is 0.0895. The zero-order valence-electron chi connectivity index (χ0n) is 61.5. The van der Waals surface area contributed by atoms with Gasteiger partial charge in [0.1, 0.15) is 60.4 Å². The number of carbonyl (C=O) groups excluding carboxylic acids is 11. The lowest BCUT2D eigenvalue weighted by Gasteiger charge is -2.43. The third-order valence-corrected chi connectivity index (χ3v) is 18.3. The lowest BCUT2D eigenvalue weighted by Crippen LogP contribution is -2.64. The van der Waals surface area contributed by atoms with Crippen molar-refractivity contribution in [1.29, 1.82) is 0 Å². The van der Waals surface area contributed by atoms with Crippen molar-refractivity contribution in [1.82, 2.24) is 55.1 Å². The van der Waals surface area contributed by atoms with Crippen LogP contribution in [0.3, 0.4) is 0 Å². The van der Waals surface area contributed by atoms with Crippen LogP contribution in [0.25, 0.3) is 0 Å². The summed E-state index contributed by atoms with van der Waals surface area (Å²) in [5.74, 6) is -12.1. The van der Waals surface area contributed by atoms with E-state index in [1.54, 1.807) is 53.7 Å². The lowest BCUT2D eigenvalue weighted by atomic mass is 9.90. The van der Waals surface area contributed by atoms with E-state index >= 15 is 24.0 Å². The van der Waals surface area contributed by atoms with Crippen molar-refractivity contribution in [2.75, 3.05) is 55.9 Å². The summed E-state index contributed by atoms with van der Waals surface area (Å²) in [5, 5.41) is 30.8. The van der Waals surface area contributed by atoms with Crippen LogP contribution in [-0.2, 0) is 57.5 Å². The van der Waals surface area contributed by atoms with Crippen molar-refractivity contribution >= 4 is 70.9 Å². The number of nitrogens with one attached hydrogen (secondary N) is 3. The number of allylic oxidation sites excluding steroid dienone is 2. The van der Waals surface area contributed by atoms with E-state index in [2.05, 4.69) is 16.0 Å². The first-order chi connectivity index (χ1) is 44.5. The molecule has 26 heteroatoms. The van der Waals surface area contributed by atoms with Gasteiger partial charge in [-0.2, -0.15) is 0 Å². The van der Waals surface area contributed by atoms with Crippen LogP contribution in [0.15, 0.2) is 36.4 Å². The zero-order valence-corrected chi connectivity index (χ0v) is 61.5. The molecule has 2 fully saturated rings. The molecule has 5 N–H and O–H groups in total. The Bertz CT molecular complexity index is 2940. The molecule has 1 aromatic carbocycles. The highest BCUT2D eigenvalue weighted by Crippen LogP contribution is 2.38. The molecule has 14 atom stereocenters. The Morgan fingerprint density at radius 1 is 0.521 bits per heavy atom. The monoisotopic (exact) mass is 1350 g/mol. The quantitative estimate of drug-likeness (QED) is 0.143. The average Bonchev–Trinajstić information content (AvgIpc) is 1.55. The Balaban J connectivity index is 2.48. The largest absolute Gasteiger partial charge is 0.478 e. The zero-order chi connectivity index (χ0) is 73.6. The number of carboxylic acid groups (broad SMARTS) is 1. The van der Waals surface area contributed by atoms with Gasteiger partial charge in [0.05, 0.1) is 24.3 Å². The van der Waals surface area contributed by atoms with Crippen LogP contribution in [0.1, 0.15) is 172 Å². The minimum atomic E-state index is -1.82. The predicted octanol–water partition coefficient (Wildman–Crippen LogP) is 4.39. The molecule has 2 saturated heterocycles. The number of fused-ring (bicyclic) bond motifs is 1. The Hall–Kier alpha value is -7.48. The van der Waals surface area contributed by atoms with Crippen LogP contribution in [0.4, 0.5) is 0 Å². The fourth-order valence-corrected chi connectivity index (χ4v) is 12.5. The van der Waals surface area contributed by atoms with Gasteiger partial charge in [-0.15, -0.1) is 0 Å². The summed E-state index contributed by atoms with van der Waals surface area (Å²) >= 11 is 0. The van der Waals surface area contributed by atoms with E-state index < -0.39 is 174 Å². The molecule has 1 aromatic rings. The number of hydrogen-bond donors (Lipinski definition) is 5. The summed E-state index contributed by atoms with van der Waals surface area (Å²) in [6.07, 6.45) is -0.143. The van der Waals surface area contributed by atoms with E-state index in [0.717, 1.165) is 14.7 Å². The maximum absolute atomic E-state index is 16.2. The molecule has 0 aromatic heterocycles. The second kappa shape index (κ2) is 36.2. The average molecular weight is 1350 g/mol. The number of carboxylic acids is 1. The molecule has 0 unspecified atom stereocenters. The summed E-state index contributed by atoms with van der Waals surface area (Å²) in [7, 11) is 9.71. The molecule has 0 aliphatic carbocycles. The highest BCUT2D eigenvalue weighted by Gasteiger charge is 2.54. The van der Waals surface area contributed by atoms with Gasteiger partial charge in [0.2, 0.25) is 59.1 Å². The predicted molar refractivity (Wildman–Crippen MR) is 364 cm³/mol. The fourth-order valence-electron chi connectivity index (χ4n) is 12.5. The highest BCUT2D eigenvalue weighted by molar-refractivity contribution is 6.00. The molecule has 0 spiro atoms. The van der Waals surface area contributed by atoms with Gasteiger partial charge in [0.25, 0.3) is 5.91 Å². The molecular weight excluding hydrogens is 1230 g/mol. The van der Waals surface area contributed by atoms with Crippen molar-refractivity contribution in [2.24, 2.45) is 41.4 Å². The van der Waals surface area contributed by atoms with Gasteiger partial charge >= 0.3 is 5.97 Å². The number of aliphatic hydroxyl groups excluding tert-OH is 1. The fraction of sp³-hybridized carbons (Fsp3) is 0.714. The molecule has 96 heavy (non-hydrogen) atoms. The second-order valence-electron chi connectivity index (χ2n) is 28.9. The Labute approximate surface area is 569 Å². The first-order valence-corrected chi connectivity index (χ1v) is 33.8. The van der Waals surface area contributed by atoms with Gasteiger partial charge in [-0.1, -0.05) is 114 Å². The van der Waals surface area contributed by atoms with Crippen molar-refractivity contribution < 1.29 is 72.5 Å². The van der Waals surface area contributed by atoms with Crippen LogP contribution in [0.2, 0.25) is 0 Å². The van der Waals surface area contributed by atoms with E-state index in [0.29, 0.717) is 0 Å². The summed E-state index contributed by atoms with van der Waals surface area (Å²) in [6, 6.07) is -7.97. The standard InChI is InChI=1S/C70H115N11O15/c1-25-26-27-43(14)58(83)57-68(93)81-56(46(17)96-69(81)47-28-30-48(31-29-47)70(94)95)66(91)74(18)36-53(82)75(19)49(32-37(2)3)61(86)73-54(41(10)11)65(90)76(20)50(33-38(4)5)60(85)71-44(15)59(84)72-45(16)62(87)77(21)51(34-39(6)7)63(88)78(22)52(35-40(8)9)64(89)79(23)55(42(12)13)67(92)80(57)24/h25-26,28-31,37-46,49-52,54-58,69,83H,27,32-36H2,1-24H3,(H,71,85)(H,72,84)(H,73,86)(H,94,95)/b26-25+/t43-,44+,45-,46+,49+,50+,51+,52+,54+,55+,56-,57+,58-,69-/m1/s1. The maximum Gasteiger partial charge on any atom is 0.335 e. The van der Waals surface area contributed by atoms with Crippen LogP contribution < -0.4 is 16.0 Å². The molecule has 0 radical (unpaired) electrons. The molecule has 540 valence electrons. The number of rotatable bonds is 16. The van der Waals surface area contributed by atoms with E-state index in [4.69, 9.17) is 4.74 Å². The molecule has 2 heterocycles. The van der Waals surface area contributed by atoms with Gasteiger partial charge in [-0.05, 0) is 113 Å². The maximum atomic E-state index is 16.2. The van der Waals surface area contributed by atoms with Crippen molar-refractivity contribution in [2.45, 2.75) is 229 Å². The molecule has 3 rings (SSSR count). The number of carbonyl (C=O) groups is 12. The smallest absolute Gasteiger partial charge is 0.335 e. The van der Waals surface area contributed by atoms with Crippen LogP contribution >= 0.6 is 0 Å². The van der Waals surface area contributed by atoms with Gasteiger partial charge in [-0.25, -0.2) is 4.79 Å². The molecule has 0 saturated carbocycles. The number of ether oxygens (including phenoxy) is 1. The Morgan fingerprint density at radius 3 is 1.43 bits per heavy atom. The Kier molecular flexibility index (Phi) is 31.2. The third kappa shape index (κ3) is 20.8. The van der Waals surface area contributed by atoms with Crippen LogP contribution in [-0.4, -0.2) is 249 Å².